The molecule has 0 aliphatic rings. The van der Waals surface area contributed by atoms with E-state index in [1.807, 2.05) is 0 Å². The second-order valence-corrected chi connectivity index (χ2v) is 3.80. The Morgan fingerprint density at radius 1 is 1.40 bits per heavy atom. The largest absolute Gasteiger partial charge is 0.396 e. The van der Waals surface area contributed by atoms with Gasteiger partial charge in [0.15, 0.2) is 0 Å². The number of aliphatic hydroxyl groups is 1. The second-order valence-electron chi connectivity index (χ2n) is 3.80. The van der Waals surface area contributed by atoms with Gasteiger partial charge >= 0.3 is 0 Å². The summed E-state index contributed by atoms with van der Waals surface area (Å²) in [4.78, 5) is 0. The van der Waals surface area contributed by atoms with Gasteiger partial charge in [0.2, 0.25) is 0 Å². The number of aromatic nitrogens is 1. The molecule has 1 aromatic heterocycles. The molecule has 2 N–H and O–H groups in total. The van der Waals surface area contributed by atoms with Crippen LogP contribution in [0.4, 0.5) is 0 Å². The van der Waals surface area contributed by atoms with E-state index < -0.39 is 0 Å². The summed E-state index contributed by atoms with van der Waals surface area (Å²) in [5, 5.41) is 12.0. The summed E-state index contributed by atoms with van der Waals surface area (Å²) in [5.74, 6) is 0. The Morgan fingerprint density at radius 2 is 2.27 bits per heavy atom. The highest BCUT2D eigenvalue weighted by Gasteiger charge is 1.98. The van der Waals surface area contributed by atoms with Gasteiger partial charge in [0.25, 0.3) is 0 Å². The molecular weight excluding hydrogens is 188 g/mol. The van der Waals surface area contributed by atoms with Crippen molar-refractivity contribution in [3.8, 4) is 0 Å². The molecule has 3 heteroatoms. The van der Waals surface area contributed by atoms with Gasteiger partial charge in [-0.1, -0.05) is 6.92 Å². The van der Waals surface area contributed by atoms with Gasteiger partial charge in [-0.3, -0.25) is 0 Å². The van der Waals surface area contributed by atoms with Crippen LogP contribution in [0.1, 0.15) is 31.9 Å². The molecule has 3 nitrogen and oxygen atoms in total. The number of unbranched alkanes of at least 4 members (excludes halogenated alkanes) is 1. The van der Waals surface area contributed by atoms with Gasteiger partial charge < -0.3 is 15.0 Å². The molecule has 0 amide bonds. The standard InChI is InChI=1S/C12H22N2O/c1-2-8-14-9-5-6-12(14)11-13-7-3-4-10-15/h5-6,9,13,15H,2-4,7-8,10-11H2,1H3. The lowest BCUT2D eigenvalue weighted by Crippen LogP contribution is -2.17. The third-order valence-electron chi connectivity index (χ3n) is 2.46. The van der Waals surface area contributed by atoms with Crippen molar-refractivity contribution in [2.75, 3.05) is 13.2 Å². The molecule has 1 aromatic rings. The second kappa shape index (κ2) is 7.49. The van der Waals surface area contributed by atoms with Crippen LogP contribution in [-0.4, -0.2) is 22.8 Å². The first-order chi connectivity index (χ1) is 7.38. The van der Waals surface area contributed by atoms with Crippen LogP contribution in [0.5, 0.6) is 0 Å². The summed E-state index contributed by atoms with van der Waals surface area (Å²) in [5.41, 5.74) is 1.35. The van der Waals surface area contributed by atoms with Crippen molar-refractivity contribution >= 4 is 0 Å². The van der Waals surface area contributed by atoms with Crippen molar-refractivity contribution in [1.82, 2.24) is 9.88 Å². The molecule has 15 heavy (non-hydrogen) atoms. The molecule has 0 spiro atoms. The number of nitrogens with one attached hydrogen (secondary N) is 1. The van der Waals surface area contributed by atoms with Crippen molar-refractivity contribution in [3.05, 3.63) is 24.0 Å². The van der Waals surface area contributed by atoms with E-state index in [0.29, 0.717) is 6.61 Å². The Morgan fingerprint density at radius 3 is 3.00 bits per heavy atom. The Bertz CT molecular complexity index is 258. The van der Waals surface area contributed by atoms with Crippen molar-refractivity contribution in [2.24, 2.45) is 0 Å². The van der Waals surface area contributed by atoms with Gasteiger partial charge in [0, 0.05) is 31.6 Å². The number of aliphatic hydroxyl groups excluding tert-OH is 1. The Balaban J connectivity index is 2.21. The highest BCUT2D eigenvalue weighted by Crippen LogP contribution is 2.03. The van der Waals surface area contributed by atoms with Gasteiger partial charge in [-0.15, -0.1) is 0 Å². The van der Waals surface area contributed by atoms with E-state index in [0.717, 1.165) is 32.5 Å². The van der Waals surface area contributed by atoms with E-state index in [9.17, 15) is 0 Å². The van der Waals surface area contributed by atoms with Crippen molar-refractivity contribution in [1.29, 1.82) is 0 Å². The molecule has 0 saturated heterocycles. The van der Waals surface area contributed by atoms with Crippen LogP contribution in [-0.2, 0) is 13.1 Å². The SMILES string of the molecule is CCCn1cccc1CNCCCCO. The summed E-state index contributed by atoms with van der Waals surface area (Å²) in [6.07, 6.45) is 5.24. The van der Waals surface area contributed by atoms with Gasteiger partial charge in [0.05, 0.1) is 0 Å². The van der Waals surface area contributed by atoms with Gasteiger partial charge in [-0.25, -0.2) is 0 Å². The minimum Gasteiger partial charge on any atom is -0.396 e. The Kier molecular flexibility index (Phi) is 6.12. The quantitative estimate of drug-likeness (QED) is 0.642. The lowest BCUT2D eigenvalue weighted by molar-refractivity contribution is 0.283. The van der Waals surface area contributed by atoms with Crippen molar-refractivity contribution in [2.45, 2.75) is 39.3 Å². The minimum atomic E-state index is 0.299. The van der Waals surface area contributed by atoms with Crippen LogP contribution in [0.3, 0.4) is 0 Å². The van der Waals surface area contributed by atoms with Crippen LogP contribution >= 0.6 is 0 Å². The lowest BCUT2D eigenvalue weighted by Gasteiger charge is -2.08. The molecule has 1 heterocycles. The monoisotopic (exact) mass is 210 g/mol. The first-order valence-corrected chi connectivity index (χ1v) is 5.84. The number of hydrogen-bond acceptors (Lipinski definition) is 2. The molecule has 0 bridgehead atoms. The van der Waals surface area contributed by atoms with E-state index in [-0.39, 0.29) is 0 Å². The Hall–Kier alpha value is -0.800. The van der Waals surface area contributed by atoms with Crippen LogP contribution in [0.2, 0.25) is 0 Å². The van der Waals surface area contributed by atoms with Gasteiger partial charge in [-0.2, -0.15) is 0 Å². The average Bonchev–Trinajstić information content (AvgIpc) is 2.66. The maximum absolute atomic E-state index is 8.63. The number of hydrogen-bond donors (Lipinski definition) is 2. The fourth-order valence-corrected chi connectivity index (χ4v) is 1.65. The van der Waals surface area contributed by atoms with Crippen LogP contribution in [0, 0.1) is 0 Å². The van der Waals surface area contributed by atoms with Crippen LogP contribution < -0.4 is 5.32 Å². The molecule has 86 valence electrons. The number of rotatable bonds is 8. The van der Waals surface area contributed by atoms with Gasteiger partial charge in [0.1, 0.15) is 0 Å². The summed E-state index contributed by atoms with van der Waals surface area (Å²) in [6.45, 7) is 5.50. The molecule has 0 radical (unpaired) electrons. The zero-order valence-electron chi connectivity index (χ0n) is 9.58. The summed E-state index contributed by atoms with van der Waals surface area (Å²) in [7, 11) is 0. The zero-order chi connectivity index (χ0) is 10.9. The van der Waals surface area contributed by atoms with Crippen molar-refractivity contribution in [3.63, 3.8) is 0 Å². The molecule has 0 fully saturated rings. The summed E-state index contributed by atoms with van der Waals surface area (Å²) in [6, 6.07) is 4.26. The van der Waals surface area contributed by atoms with Crippen molar-refractivity contribution < 1.29 is 5.11 Å². The smallest absolute Gasteiger partial charge is 0.0431 e. The molecule has 0 aliphatic carbocycles. The van der Waals surface area contributed by atoms with Gasteiger partial charge in [-0.05, 0) is 37.9 Å². The predicted octanol–water partition coefficient (Wildman–Crippen LogP) is 1.76. The predicted molar refractivity (Wildman–Crippen MR) is 62.7 cm³/mol. The van der Waals surface area contributed by atoms with E-state index in [2.05, 4.69) is 35.1 Å². The summed E-state index contributed by atoms with van der Waals surface area (Å²) >= 11 is 0. The number of aryl methyl sites for hydroxylation is 1. The van der Waals surface area contributed by atoms with E-state index >= 15 is 0 Å². The lowest BCUT2D eigenvalue weighted by atomic mass is 10.3. The highest BCUT2D eigenvalue weighted by atomic mass is 16.2. The molecule has 0 atom stereocenters. The van der Waals surface area contributed by atoms with E-state index in [1.54, 1.807) is 0 Å². The molecule has 1 rings (SSSR count). The maximum atomic E-state index is 8.63. The normalized spacial score (nSPS) is 10.8. The average molecular weight is 210 g/mol. The summed E-state index contributed by atoms with van der Waals surface area (Å²) < 4.78 is 2.29. The Labute approximate surface area is 92.1 Å². The fraction of sp³-hybridized carbons (Fsp3) is 0.667. The minimum absolute atomic E-state index is 0.299. The molecule has 0 saturated carbocycles. The molecule has 0 aliphatic heterocycles. The zero-order valence-corrected chi connectivity index (χ0v) is 9.58. The van der Waals surface area contributed by atoms with E-state index in [1.165, 1.54) is 12.1 Å². The third-order valence-corrected chi connectivity index (χ3v) is 2.46. The first-order valence-electron chi connectivity index (χ1n) is 5.84. The molecular formula is C12H22N2O. The maximum Gasteiger partial charge on any atom is 0.0431 e. The topological polar surface area (TPSA) is 37.2 Å². The molecule has 0 aromatic carbocycles. The van der Waals surface area contributed by atoms with Crippen LogP contribution in [0.25, 0.3) is 0 Å². The molecule has 0 unspecified atom stereocenters. The van der Waals surface area contributed by atoms with E-state index in [4.69, 9.17) is 5.11 Å². The highest BCUT2D eigenvalue weighted by molar-refractivity contribution is 5.06. The number of nitrogens with zero attached hydrogens (tertiary/aromatic N) is 1. The first kappa shape index (κ1) is 12.3. The fourth-order valence-electron chi connectivity index (χ4n) is 1.65. The third kappa shape index (κ3) is 4.49. The van der Waals surface area contributed by atoms with Crippen LogP contribution in [0.15, 0.2) is 18.3 Å².